The number of ether oxygens (including phenoxy) is 3. The van der Waals surface area contributed by atoms with Crippen LogP contribution in [0.5, 0.6) is 17.2 Å². The minimum Gasteiger partial charge on any atom is -0.497 e. The van der Waals surface area contributed by atoms with Crippen molar-refractivity contribution in [3.63, 3.8) is 0 Å². The van der Waals surface area contributed by atoms with Crippen molar-refractivity contribution >= 4 is 10.9 Å². The summed E-state index contributed by atoms with van der Waals surface area (Å²) in [6, 6.07) is 14.0. The van der Waals surface area contributed by atoms with Gasteiger partial charge < -0.3 is 18.8 Å². The molecule has 5 heteroatoms. The maximum absolute atomic E-state index is 9.80. The zero-order valence-corrected chi connectivity index (χ0v) is 14.2. The molecule has 1 aliphatic rings. The van der Waals surface area contributed by atoms with Crippen molar-refractivity contribution in [2.45, 2.75) is 13.5 Å². The highest BCUT2D eigenvalue weighted by Gasteiger charge is 2.20. The highest BCUT2D eigenvalue weighted by atomic mass is 16.6. The fourth-order valence-electron chi connectivity index (χ4n) is 3.39. The number of hydrogen-bond donors (Lipinski definition) is 0. The van der Waals surface area contributed by atoms with Gasteiger partial charge in [-0.15, -0.1) is 0 Å². The Morgan fingerprint density at radius 1 is 1.12 bits per heavy atom. The van der Waals surface area contributed by atoms with Gasteiger partial charge in [-0.1, -0.05) is 0 Å². The van der Waals surface area contributed by atoms with Gasteiger partial charge in [0.25, 0.3) is 0 Å². The Labute approximate surface area is 146 Å². The summed E-state index contributed by atoms with van der Waals surface area (Å²) in [4.78, 5) is 0. The molecule has 0 amide bonds. The fraction of sp³-hybridized carbons (Fsp3) is 0.250. The minimum atomic E-state index is 0.537. The van der Waals surface area contributed by atoms with Crippen molar-refractivity contribution in [2.75, 3.05) is 20.3 Å². The van der Waals surface area contributed by atoms with Crippen LogP contribution < -0.4 is 14.2 Å². The summed E-state index contributed by atoms with van der Waals surface area (Å²) in [5.41, 5.74) is 3.49. The predicted octanol–water partition coefficient (Wildman–Crippen LogP) is 3.98. The molecule has 1 aliphatic heterocycles. The zero-order valence-electron chi connectivity index (χ0n) is 14.2. The molecule has 0 N–H and O–H groups in total. The van der Waals surface area contributed by atoms with Crippen molar-refractivity contribution < 1.29 is 14.2 Å². The Morgan fingerprint density at radius 3 is 2.64 bits per heavy atom. The molecular formula is C20H18N2O3. The first kappa shape index (κ1) is 15.4. The lowest BCUT2D eigenvalue weighted by Crippen LogP contribution is -2.15. The van der Waals surface area contributed by atoms with E-state index in [0.717, 1.165) is 46.0 Å². The Morgan fingerprint density at radius 2 is 1.92 bits per heavy atom. The van der Waals surface area contributed by atoms with Crippen LogP contribution in [0.4, 0.5) is 0 Å². The highest BCUT2D eigenvalue weighted by Crippen LogP contribution is 2.39. The lowest BCUT2D eigenvalue weighted by atomic mass is 10.1. The molecule has 0 fully saturated rings. The van der Waals surface area contributed by atoms with Gasteiger partial charge in [-0.3, -0.25) is 0 Å². The molecule has 1 aromatic heterocycles. The van der Waals surface area contributed by atoms with E-state index in [9.17, 15) is 5.26 Å². The Balaban J connectivity index is 1.99. The summed E-state index contributed by atoms with van der Waals surface area (Å²) in [6.45, 7) is 3.91. The second-order valence-electron chi connectivity index (χ2n) is 5.82. The molecule has 0 aliphatic carbocycles. The van der Waals surface area contributed by atoms with Crippen LogP contribution in [-0.2, 0) is 6.54 Å². The van der Waals surface area contributed by atoms with Crippen LogP contribution in [0.3, 0.4) is 0 Å². The summed E-state index contributed by atoms with van der Waals surface area (Å²) >= 11 is 0. The van der Waals surface area contributed by atoms with Crippen molar-refractivity contribution in [3.8, 4) is 34.6 Å². The molecular weight excluding hydrogens is 316 g/mol. The normalized spacial score (nSPS) is 12.8. The summed E-state index contributed by atoms with van der Waals surface area (Å²) in [7, 11) is 1.65. The van der Waals surface area contributed by atoms with Gasteiger partial charge in [-0.25, -0.2) is 0 Å². The van der Waals surface area contributed by atoms with E-state index in [1.165, 1.54) is 0 Å². The second kappa shape index (κ2) is 6.06. The third kappa shape index (κ3) is 2.38. The summed E-state index contributed by atoms with van der Waals surface area (Å²) in [6.07, 6.45) is 0. The first-order valence-corrected chi connectivity index (χ1v) is 8.27. The molecule has 0 saturated heterocycles. The van der Waals surface area contributed by atoms with Gasteiger partial charge in [0.1, 0.15) is 25.0 Å². The molecule has 0 atom stereocenters. The van der Waals surface area contributed by atoms with Gasteiger partial charge in [-0.2, -0.15) is 5.26 Å². The number of nitriles is 1. The van der Waals surface area contributed by atoms with Crippen LogP contribution >= 0.6 is 0 Å². The van der Waals surface area contributed by atoms with Gasteiger partial charge in [0, 0.05) is 23.6 Å². The van der Waals surface area contributed by atoms with Gasteiger partial charge in [-0.05, 0) is 37.3 Å². The van der Waals surface area contributed by atoms with Crippen molar-refractivity contribution in [2.24, 2.45) is 0 Å². The second-order valence-corrected chi connectivity index (χ2v) is 5.82. The van der Waals surface area contributed by atoms with Gasteiger partial charge in [0.15, 0.2) is 11.5 Å². The number of aromatic nitrogens is 1. The SMILES string of the molecule is CCn1c(-c2ccc3c(c2)OCCO3)c(C#N)c2ccc(OC)cc21. The van der Waals surface area contributed by atoms with E-state index in [-0.39, 0.29) is 0 Å². The quantitative estimate of drug-likeness (QED) is 0.727. The lowest BCUT2D eigenvalue weighted by molar-refractivity contribution is 0.171. The van der Waals surface area contributed by atoms with E-state index in [0.29, 0.717) is 18.8 Å². The van der Waals surface area contributed by atoms with E-state index >= 15 is 0 Å². The standard InChI is InChI=1S/C20H18N2O3/c1-3-22-17-11-14(23-2)5-6-15(17)16(12-21)20(22)13-4-7-18-19(10-13)25-9-8-24-18/h4-7,10-11H,3,8-9H2,1-2H3. The smallest absolute Gasteiger partial charge is 0.162 e. The molecule has 126 valence electrons. The molecule has 0 unspecified atom stereocenters. The minimum absolute atomic E-state index is 0.537. The van der Waals surface area contributed by atoms with Crippen molar-refractivity contribution in [3.05, 3.63) is 42.0 Å². The van der Waals surface area contributed by atoms with Gasteiger partial charge >= 0.3 is 0 Å². The number of rotatable bonds is 3. The zero-order chi connectivity index (χ0) is 17.4. The maximum Gasteiger partial charge on any atom is 0.162 e. The van der Waals surface area contributed by atoms with Crippen LogP contribution in [-0.4, -0.2) is 24.9 Å². The number of methoxy groups -OCH3 is 1. The van der Waals surface area contributed by atoms with Crippen LogP contribution in [0.2, 0.25) is 0 Å². The molecule has 0 bridgehead atoms. The van der Waals surface area contributed by atoms with Gasteiger partial charge in [0.05, 0.1) is 23.9 Å². The Kier molecular flexibility index (Phi) is 3.73. The van der Waals surface area contributed by atoms with Crippen LogP contribution in [0.1, 0.15) is 12.5 Å². The number of aryl methyl sites for hydroxylation is 1. The van der Waals surface area contributed by atoms with Crippen LogP contribution in [0.15, 0.2) is 36.4 Å². The van der Waals surface area contributed by atoms with E-state index < -0.39 is 0 Å². The van der Waals surface area contributed by atoms with E-state index in [4.69, 9.17) is 14.2 Å². The molecule has 4 rings (SSSR count). The average Bonchev–Trinajstić information content (AvgIpc) is 3.00. The molecule has 2 aromatic carbocycles. The number of fused-ring (bicyclic) bond motifs is 2. The van der Waals surface area contributed by atoms with Gasteiger partial charge in [0.2, 0.25) is 0 Å². The highest BCUT2D eigenvalue weighted by molar-refractivity contribution is 5.95. The molecule has 0 saturated carbocycles. The van der Waals surface area contributed by atoms with Crippen molar-refractivity contribution in [1.82, 2.24) is 4.57 Å². The van der Waals surface area contributed by atoms with E-state index in [1.54, 1.807) is 7.11 Å². The predicted molar refractivity (Wildman–Crippen MR) is 95.3 cm³/mol. The average molecular weight is 334 g/mol. The lowest BCUT2D eigenvalue weighted by Gasteiger charge is -2.19. The number of benzene rings is 2. The van der Waals surface area contributed by atoms with Crippen molar-refractivity contribution in [1.29, 1.82) is 5.26 Å². The van der Waals surface area contributed by atoms with Crippen LogP contribution in [0, 0.1) is 11.3 Å². The third-order valence-electron chi connectivity index (χ3n) is 4.52. The molecule has 25 heavy (non-hydrogen) atoms. The fourth-order valence-corrected chi connectivity index (χ4v) is 3.39. The molecule has 2 heterocycles. The summed E-state index contributed by atoms with van der Waals surface area (Å²) in [5, 5.41) is 10.7. The van der Waals surface area contributed by atoms with Crippen LogP contribution in [0.25, 0.3) is 22.2 Å². The van der Waals surface area contributed by atoms with E-state index in [1.807, 2.05) is 36.4 Å². The molecule has 0 radical (unpaired) electrons. The Hall–Kier alpha value is -3.13. The summed E-state index contributed by atoms with van der Waals surface area (Å²) < 4.78 is 18.8. The summed E-state index contributed by atoms with van der Waals surface area (Å²) in [5.74, 6) is 2.24. The third-order valence-corrected chi connectivity index (χ3v) is 4.52. The number of hydrogen-bond acceptors (Lipinski definition) is 4. The Bertz CT molecular complexity index is 998. The first-order chi connectivity index (χ1) is 12.3. The number of nitrogens with zero attached hydrogens (tertiary/aromatic N) is 2. The largest absolute Gasteiger partial charge is 0.497 e. The topological polar surface area (TPSA) is 56.4 Å². The maximum atomic E-state index is 9.80. The first-order valence-electron chi connectivity index (χ1n) is 8.27. The van der Waals surface area contributed by atoms with E-state index in [2.05, 4.69) is 17.6 Å². The molecule has 0 spiro atoms. The molecule has 3 aromatic rings. The molecule has 5 nitrogen and oxygen atoms in total. The monoisotopic (exact) mass is 334 g/mol.